The van der Waals surface area contributed by atoms with Crippen LogP contribution in [0.3, 0.4) is 0 Å². The number of rotatable bonds is 7. The molecule has 0 N–H and O–H groups in total. The highest BCUT2D eigenvalue weighted by Gasteiger charge is 2.33. The predicted molar refractivity (Wildman–Crippen MR) is 101 cm³/mol. The molecule has 0 amide bonds. The number of carbonyl (C=O) groups is 1. The molecule has 156 valence electrons. The second kappa shape index (κ2) is 9.11. The number of nitrogens with zero attached hydrogens (tertiary/aromatic N) is 1. The smallest absolute Gasteiger partial charge is 0.309 e. The van der Waals surface area contributed by atoms with Crippen LogP contribution in [0.5, 0.6) is 11.5 Å². The summed E-state index contributed by atoms with van der Waals surface area (Å²) in [5, 5.41) is 0. The second-order valence-electron chi connectivity index (χ2n) is 7.07. The van der Waals surface area contributed by atoms with Crippen LogP contribution in [0.1, 0.15) is 26.7 Å². The van der Waals surface area contributed by atoms with Gasteiger partial charge in [0.15, 0.2) is 11.5 Å². The van der Waals surface area contributed by atoms with Crippen LogP contribution in [0.25, 0.3) is 0 Å². The average Bonchev–Trinajstić information content (AvgIpc) is 2.70. The molecule has 2 heterocycles. The Balaban J connectivity index is 1.54. The summed E-state index contributed by atoms with van der Waals surface area (Å²) < 4.78 is 48.7. The Morgan fingerprint density at radius 3 is 2.50 bits per heavy atom. The highest BCUT2D eigenvalue weighted by molar-refractivity contribution is 7.89. The average molecular weight is 413 g/mol. The third-order valence-electron chi connectivity index (χ3n) is 4.72. The molecule has 0 atom stereocenters. The fraction of sp³-hybridized carbons (Fsp3) is 0.632. The zero-order valence-electron chi connectivity index (χ0n) is 16.3. The first-order chi connectivity index (χ1) is 13.4. The third kappa shape index (κ3) is 4.95. The molecule has 0 unspecified atom stereocenters. The zero-order chi connectivity index (χ0) is 20.1. The maximum Gasteiger partial charge on any atom is 0.309 e. The molecule has 1 aromatic rings. The largest absolute Gasteiger partial charge is 0.486 e. The van der Waals surface area contributed by atoms with E-state index in [0.29, 0.717) is 44.2 Å². The summed E-state index contributed by atoms with van der Waals surface area (Å²) in [6, 6.07) is 4.64. The molecule has 0 saturated carbocycles. The molecular formula is C19H27NO7S. The lowest BCUT2D eigenvalue weighted by atomic mass is 9.98. The van der Waals surface area contributed by atoms with Crippen LogP contribution >= 0.6 is 0 Å². The molecule has 1 fully saturated rings. The summed E-state index contributed by atoms with van der Waals surface area (Å²) in [4.78, 5) is 12.3. The van der Waals surface area contributed by atoms with Crippen molar-refractivity contribution in [3.05, 3.63) is 18.2 Å². The van der Waals surface area contributed by atoms with Crippen LogP contribution in [0, 0.1) is 5.92 Å². The lowest BCUT2D eigenvalue weighted by Gasteiger charge is -2.30. The Morgan fingerprint density at radius 1 is 1.14 bits per heavy atom. The number of benzene rings is 1. The van der Waals surface area contributed by atoms with E-state index >= 15 is 0 Å². The molecule has 0 radical (unpaired) electrons. The molecular weight excluding hydrogens is 386 g/mol. The maximum atomic E-state index is 12.9. The molecule has 2 aliphatic heterocycles. The Hall–Kier alpha value is -1.84. The molecule has 0 spiro atoms. The van der Waals surface area contributed by atoms with Crippen molar-refractivity contribution in [1.82, 2.24) is 4.31 Å². The van der Waals surface area contributed by atoms with Gasteiger partial charge in [0, 0.05) is 19.2 Å². The van der Waals surface area contributed by atoms with Crippen molar-refractivity contribution in [2.45, 2.75) is 37.7 Å². The summed E-state index contributed by atoms with van der Waals surface area (Å²) in [5.41, 5.74) is 0. The van der Waals surface area contributed by atoms with E-state index < -0.39 is 10.0 Å². The molecule has 0 aliphatic carbocycles. The van der Waals surface area contributed by atoms with Crippen molar-refractivity contribution in [2.75, 3.05) is 39.5 Å². The van der Waals surface area contributed by atoms with E-state index in [9.17, 15) is 13.2 Å². The summed E-state index contributed by atoms with van der Waals surface area (Å²) in [6.07, 6.45) is 0.967. The van der Waals surface area contributed by atoms with Crippen molar-refractivity contribution in [2.24, 2.45) is 5.92 Å². The fourth-order valence-electron chi connectivity index (χ4n) is 3.21. The molecule has 28 heavy (non-hydrogen) atoms. The number of sulfonamides is 1. The molecule has 0 bridgehead atoms. The normalized spacial score (nSPS) is 18.2. The topological polar surface area (TPSA) is 91.4 Å². The van der Waals surface area contributed by atoms with E-state index in [4.69, 9.17) is 18.9 Å². The first-order valence-electron chi connectivity index (χ1n) is 9.56. The number of ether oxygens (including phenoxy) is 4. The van der Waals surface area contributed by atoms with Gasteiger partial charge in [0.1, 0.15) is 19.8 Å². The summed E-state index contributed by atoms with van der Waals surface area (Å²) in [5.74, 6) is 0.414. The lowest BCUT2D eigenvalue weighted by Crippen LogP contribution is -2.40. The van der Waals surface area contributed by atoms with Crippen LogP contribution in [-0.2, 0) is 24.3 Å². The number of esters is 1. The summed E-state index contributed by atoms with van der Waals surface area (Å²) in [6.45, 7) is 5.81. The lowest BCUT2D eigenvalue weighted by molar-refractivity contribution is -0.151. The quantitative estimate of drug-likeness (QED) is 0.497. The molecule has 1 saturated heterocycles. The number of fused-ring (bicyclic) bond motifs is 1. The Bertz CT molecular complexity index is 785. The fourth-order valence-corrected chi connectivity index (χ4v) is 4.69. The van der Waals surface area contributed by atoms with Gasteiger partial charge < -0.3 is 18.9 Å². The Morgan fingerprint density at radius 2 is 1.82 bits per heavy atom. The van der Waals surface area contributed by atoms with E-state index in [1.54, 1.807) is 6.07 Å². The monoisotopic (exact) mass is 413 g/mol. The van der Waals surface area contributed by atoms with Gasteiger partial charge in [0.2, 0.25) is 10.0 Å². The number of hydrogen-bond donors (Lipinski definition) is 0. The molecule has 2 aliphatic rings. The first-order valence-corrected chi connectivity index (χ1v) is 11.0. The van der Waals surface area contributed by atoms with Gasteiger partial charge in [-0.3, -0.25) is 4.79 Å². The maximum absolute atomic E-state index is 12.9. The molecule has 1 aromatic carbocycles. The van der Waals surface area contributed by atoms with Gasteiger partial charge in [-0.1, -0.05) is 0 Å². The molecule has 9 heteroatoms. The summed E-state index contributed by atoms with van der Waals surface area (Å²) >= 11 is 0. The van der Waals surface area contributed by atoms with Crippen LogP contribution in [0.4, 0.5) is 0 Å². The van der Waals surface area contributed by atoms with Crippen molar-refractivity contribution in [1.29, 1.82) is 0 Å². The van der Waals surface area contributed by atoms with Crippen LogP contribution in [0.15, 0.2) is 23.1 Å². The van der Waals surface area contributed by atoms with Gasteiger partial charge >= 0.3 is 5.97 Å². The highest BCUT2D eigenvalue weighted by Crippen LogP contribution is 2.34. The van der Waals surface area contributed by atoms with E-state index in [0.717, 1.165) is 0 Å². The van der Waals surface area contributed by atoms with Gasteiger partial charge in [0.25, 0.3) is 0 Å². The van der Waals surface area contributed by atoms with Crippen molar-refractivity contribution in [3.8, 4) is 11.5 Å². The van der Waals surface area contributed by atoms with Crippen LogP contribution < -0.4 is 9.47 Å². The second-order valence-corrected chi connectivity index (χ2v) is 9.01. The van der Waals surface area contributed by atoms with Gasteiger partial charge in [-0.2, -0.15) is 4.31 Å². The van der Waals surface area contributed by atoms with Crippen molar-refractivity contribution in [3.63, 3.8) is 0 Å². The van der Waals surface area contributed by atoms with Crippen LogP contribution in [-0.4, -0.2) is 64.3 Å². The van der Waals surface area contributed by atoms with E-state index in [2.05, 4.69) is 0 Å². The van der Waals surface area contributed by atoms with Gasteiger partial charge in [-0.25, -0.2) is 8.42 Å². The van der Waals surface area contributed by atoms with Crippen LogP contribution in [0.2, 0.25) is 0 Å². The van der Waals surface area contributed by atoms with Gasteiger partial charge in [0.05, 0.1) is 23.5 Å². The SMILES string of the molecule is CC(C)OCCOC(=O)C1CCN(S(=O)(=O)c2ccc3c(c2)OCCO3)CC1. The van der Waals surface area contributed by atoms with E-state index in [-0.39, 0.29) is 42.6 Å². The number of piperidine rings is 1. The molecule has 0 aromatic heterocycles. The number of carbonyl (C=O) groups excluding carboxylic acids is 1. The van der Waals surface area contributed by atoms with E-state index in [1.165, 1.54) is 16.4 Å². The predicted octanol–water partition coefficient (Wildman–Crippen LogP) is 1.83. The summed E-state index contributed by atoms with van der Waals surface area (Å²) in [7, 11) is -3.65. The van der Waals surface area contributed by atoms with Gasteiger partial charge in [-0.05, 0) is 38.8 Å². The minimum absolute atomic E-state index is 0.0905. The first kappa shape index (κ1) is 20.9. The van der Waals surface area contributed by atoms with Crippen molar-refractivity contribution < 1.29 is 32.2 Å². The third-order valence-corrected chi connectivity index (χ3v) is 6.61. The Kier molecular flexibility index (Phi) is 6.79. The molecule has 3 rings (SSSR count). The van der Waals surface area contributed by atoms with Crippen molar-refractivity contribution >= 4 is 16.0 Å². The highest BCUT2D eigenvalue weighted by atomic mass is 32.2. The zero-order valence-corrected chi connectivity index (χ0v) is 17.1. The minimum atomic E-state index is -3.65. The standard InChI is InChI=1S/C19H27NO7S/c1-14(2)24-9-12-27-19(21)15-5-7-20(8-6-15)28(22,23)16-3-4-17-18(13-16)26-11-10-25-17/h3-4,13-15H,5-12H2,1-2H3. The van der Waals surface area contributed by atoms with Gasteiger partial charge in [-0.15, -0.1) is 0 Å². The molecule has 8 nitrogen and oxygen atoms in total. The van der Waals surface area contributed by atoms with E-state index in [1.807, 2.05) is 13.8 Å². The minimum Gasteiger partial charge on any atom is -0.486 e. The number of hydrogen-bond acceptors (Lipinski definition) is 7. The Labute approximate surface area is 165 Å².